The average molecular weight is 228 g/mol. The molecular formula is C8H3F3N4O. The van der Waals surface area contributed by atoms with Crippen molar-refractivity contribution in [1.82, 2.24) is 14.6 Å². The van der Waals surface area contributed by atoms with Gasteiger partial charge in [0.2, 0.25) is 0 Å². The van der Waals surface area contributed by atoms with Crippen molar-refractivity contribution >= 4 is 5.65 Å². The maximum absolute atomic E-state index is 12.4. The number of nitrogens with one attached hydrogen (secondary N) is 1. The highest BCUT2D eigenvalue weighted by Gasteiger charge is 2.32. The van der Waals surface area contributed by atoms with Gasteiger partial charge in [-0.15, -0.1) is 0 Å². The predicted octanol–water partition coefficient (Wildman–Crippen LogP) is 0.913. The molecule has 0 fully saturated rings. The third-order valence-electron chi connectivity index (χ3n) is 1.92. The molecule has 0 aliphatic rings. The molecule has 16 heavy (non-hydrogen) atoms. The first-order chi connectivity index (χ1) is 7.43. The first-order valence-corrected chi connectivity index (χ1v) is 4.02. The Balaban J connectivity index is 2.85. The molecule has 1 N–H and O–H groups in total. The highest BCUT2D eigenvalue weighted by atomic mass is 19.4. The van der Waals surface area contributed by atoms with Gasteiger partial charge in [-0.2, -0.15) is 28.0 Å². The molecule has 2 aromatic rings. The molecule has 0 saturated heterocycles. The smallest absolute Gasteiger partial charge is 0.335 e. The number of hydrogen-bond acceptors (Lipinski definition) is 3. The first kappa shape index (κ1) is 10.2. The number of aromatic amines is 1. The summed E-state index contributed by atoms with van der Waals surface area (Å²) in [7, 11) is 0. The van der Waals surface area contributed by atoms with Crippen LogP contribution in [0.25, 0.3) is 5.65 Å². The summed E-state index contributed by atoms with van der Waals surface area (Å²) in [5.41, 5.74) is -2.53. The maximum atomic E-state index is 12.4. The number of H-pyrrole nitrogens is 1. The number of alkyl halides is 3. The van der Waals surface area contributed by atoms with E-state index in [2.05, 4.69) is 5.10 Å². The standard InChI is InChI=1S/C8H3F3N4O/c9-8(10,11)5-1-6(16)15-7(14-5)4(2-12)3-13-15/h1,3,14H. The highest BCUT2D eigenvalue weighted by molar-refractivity contribution is 5.53. The second-order valence-electron chi connectivity index (χ2n) is 2.95. The molecule has 0 spiro atoms. The van der Waals surface area contributed by atoms with Crippen molar-refractivity contribution < 1.29 is 13.2 Å². The average Bonchev–Trinajstić information content (AvgIpc) is 2.59. The van der Waals surface area contributed by atoms with Crippen molar-refractivity contribution in [1.29, 1.82) is 5.26 Å². The summed E-state index contributed by atoms with van der Waals surface area (Å²) in [6.07, 6.45) is -3.65. The van der Waals surface area contributed by atoms with E-state index >= 15 is 0 Å². The third kappa shape index (κ3) is 1.42. The molecule has 0 aliphatic carbocycles. The van der Waals surface area contributed by atoms with Gasteiger partial charge in [0.1, 0.15) is 17.3 Å². The van der Waals surface area contributed by atoms with Gasteiger partial charge in [-0.25, -0.2) is 0 Å². The van der Waals surface area contributed by atoms with Crippen molar-refractivity contribution in [3.63, 3.8) is 0 Å². The van der Waals surface area contributed by atoms with Crippen LogP contribution >= 0.6 is 0 Å². The number of nitriles is 1. The minimum atomic E-state index is -4.67. The molecule has 0 aliphatic heterocycles. The number of rotatable bonds is 0. The van der Waals surface area contributed by atoms with Gasteiger partial charge < -0.3 is 4.98 Å². The zero-order valence-corrected chi connectivity index (χ0v) is 7.54. The molecule has 0 saturated carbocycles. The minimum Gasteiger partial charge on any atom is -0.335 e. The summed E-state index contributed by atoms with van der Waals surface area (Å²) >= 11 is 0. The van der Waals surface area contributed by atoms with Crippen LogP contribution in [0.2, 0.25) is 0 Å². The first-order valence-electron chi connectivity index (χ1n) is 4.02. The Kier molecular flexibility index (Phi) is 1.98. The number of aromatic nitrogens is 3. The summed E-state index contributed by atoms with van der Waals surface area (Å²) in [5.74, 6) is 0. The van der Waals surface area contributed by atoms with Crippen molar-refractivity contribution in [2.75, 3.05) is 0 Å². The van der Waals surface area contributed by atoms with Gasteiger partial charge >= 0.3 is 6.18 Å². The van der Waals surface area contributed by atoms with E-state index < -0.39 is 17.4 Å². The molecular weight excluding hydrogens is 225 g/mol. The minimum absolute atomic E-state index is 0.122. The lowest BCUT2D eigenvalue weighted by molar-refractivity contribution is -0.141. The van der Waals surface area contributed by atoms with Crippen LogP contribution in [-0.2, 0) is 6.18 Å². The molecule has 0 unspecified atom stereocenters. The van der Waals surface area contributed by atoms with Crippen molar-refractivity contribution in [3.05, 3.63) is 33.9 Å². The van der Waals surface area contributed by atoms with E-state index in [0.717, 1.165) is 6.20 Å². The van der Waals surface area contributed by atoms with Crippen LogP contribution < -0.4 is 5.56 Å². The SMILES string of the molecule is N#Cc1cnn2c(=O)cc(C(F)(F)F)[nH]c12. The van der Waals surface area contributed by atoms with E-state index in [0.29, 0.717) is 10.6 Å². The normalized spacial score (nSPS) is 11.6. The molecule has 2 aromatic heterocycles. The van der Waals surface area contributed by atoms with Gasteiger partial charge in [-0.05, 0) is 0 Å². The van der Waals surface area contributed by atoms with Gasteiger partial charge in [0.25, 0.3) is 5.56 Å². The van der Waals surface area contributed by atoms with Crippen molar-refractivity contribution in [2.45, 2.75) is 6.18 Å². The number of fused-ring (bicyclic) bond motifs is 1. The summed E-state index contributed by atoms with van der Waals surface area (Å²) < 4.78 is 37.8. The number of nitrogens with zero attached hydrogens (tertiary/aromatic N) is 3. The summed E-state index contributed by atoms with van der Waals surface area (Å²) in [5, 5.41) is 12.1. The lowest BCUT2D eigenvalue weighted by Gasteiger charge is -2.06. The molecule has 0 bridgehead atoms. The highest BCUT2D eigenvalue weighted by Crippen LogP contribution is 2.26. The monoisotopic (exact) mass is 228 g/mol. The fourth-order valence-electron chi connectivity index (χ4n) is 1.22. The van der Waals surface area contributed by atoms with Crippen LogP contribution in [0.1, 0.15) is 11.3 Å². The van der Waals surface area contributed by atoms with E-state index in [-0.39, 0.29) is 11.2 Å². The van der Waals surface area contributed by atoms with Crippen LogP contribution in [0.4, 0.5) is 13.2 Å². The Labute approximate surface area is 85.7 Å². The van der Waals surface area contributed by atoms with Crippen molar-refractivity contribution in [3.8, 4) is 6.07 Å². The zero-order valence-electron chi connectivity index (χ0n) is 7.54. The number of halogens is 3. The molecule has 0 atom stereocenters. The second-order valence-corrected chi connectivity index (χ2v) is 2.95. The van der Waals surface area contributed by atoms with E-state index in [4.69, 9.17) is 5.26 Å². The van der Waals surface area contributed by atoms with Gasteiger partial charge in [-0.3, -0.25) is 4.79 Å². The van der Waals surface area contributed by atoms with E-state index in [1.165, 1.54) is 0 Å². The van der Waals surface area contributed by atoms with Crippen LogP contribution in [0, 0.1) is 11.3 Å². The lowest BCUT2D eigenvalue weighted by Crippen LogP contribution is -2.19. The molecule has 5 nitrogen and oxygen atoms in total. The third-order valence-corrected chi connectivity index (χ3v) is 1.92. The largest absolute Gasteiger partial charge is 0.431 e. The van der Waals surface area contributed by atoms with Gasteiger partial charge in [0, 0.05) is 6.07 Å². The Morgan fingerprint density at radius 3 is 2.75 bits per heavy atom. The maximum Gasteiger partial charge on any atom is 0.431 e. The van der Waals surface area contributed by atoms with E-state index in [9.17, 15) is 18.0 Å². The topological polar surface area (TPSA) is 74.0 Å². The fourth-order valence-corrected chi connectivity index (χ4v) is 1.22. The molecule has 2 rings (SSSR count). The molecule has 82 valence electrons. The zero-order chi connectivity index (χ0) is 11.9. The Morgan fingerprint density at radius 2 is 2.19 bits per heavy atom. The summed E-state index contributed by atoms with van der Waals surface area (Å²) in [6, 6.07) is 2.03. The summed E-state index contributed by atoms with van der Waals surface area (Å²) in [4.78, 5) is 13.2. The van der Waals surface area contributed by atoms with Crippen LogP contribution in [-0.4, -0.2) is 14.6 Å². The quantitative estimate of drug-likeness (QED) is 0.728. The lowest BCUT2D eigenvalue weighted by atomic mass is 10.3. The molecule has 0 amide bonds. The Hall–Kier alpha value is -2.30. The molecule has 0 radical (unpaired) electrons. The Bertz CT molecular complexity index is 646. The Morgan fingerprint density at radius 1 is 1.50 bits per heavy atom. The summed E-state index contributed by atoms with van der Waals surface area (Å²) in [6.45, 7) is 0. The number of hydrogen-bond donors (Lipinski definition) is 1. The fraction of sp³-hybridized carbons (Fsp3) is 0.125. The van der Waals surface area contributed by atoms with Gasteiger partial charge in [0.15, 0.2) is 5.65 Å². The van der Waals surface area contributed by atoms with E-state index in [1.54, 1.807) is 6.07 Å². The van der Waals surface area contributed by atoms with Gasteiger partial charge in [0.05, 0.1) is 6.20 Å². The van der Waals surface area contributed by atoms with Crippen LogP contribution in [0.5, 0.6) is 0 Å². The van der Waals surface area contributed by atoms with Gasteiger partial charge in [-0.1, -0.05) is 0 Å². The van der Waals surface area contributed by atoms with Crippen LogP contribution in [0.15, 0.2) is 17.1 Å². The van der Waals surface area contributed by atoms with Crippen molar-refractivity contribution in [2.24, 2.45) is 0 Å². The second kappa shape index (κ2) is 3.10. The van der Waals surface area contributed by atoms with Crippen LogP contribution in [0.3, 0.4) is 0 Å². The predicted molar refractivity (Wildman–Crippen MR) is 45.5 cm³/mol. The van der Waals surface area contributed by atoms with E-state index in [1.807, 2.05) is 4.98 Å². The molecule has 8 heteroatoms. The molecule has 0 aromatic carbocycles. The molecule has 2 heterocycles.